The molecular weight excluding hydrogens is 270 g/mol. The van der Waals surface area contributed by atoms with Crippen molar-refractivity contribution in [3.05, 3.63) is 36.2 Å². The number of hydrogen-bond donors (Lipinski definition) is 3. The fraction of sp³-hybridized carbons (Fsp3) is 0.684. The summed E-state index contributed by atoms with van der Waals surface area (Å²) in [7, 11) is 0. The molecule has 22 heavy (non-hydrogen) atoms. The maximum atomic E-state index is 5.64. The monoisotopic (exact) mass is 305 g/mol. The van der Waals surface area contributed by atoms with Gasteiger partial charge in [0.05, 0.1) is 0 Å². The van der Waals surface area contributed by atoms with E-state index in [9.17, 15) is 0 Å². The molecule has 1 heterocycles. The van der Waals surface area contributed by atoms with Crippen molar-refractivity contribution < 1.29 is 0 Å². The van der Waals surface area contributed by atoms with Crippen molar-refractivity contribution in [3.8, 4) is 0 Å². The van der Waals surface area contributed by atoms with Crippen LogP contribution in [-0.2, 0) is 0 Å². The Kier molecular flexibility index (Phi) is 11.7. The molecule has 126 valence electrons. The summed E-state index contributed by atoms with van der Waals surface area (Å²) in [5.41, 5.74) is 12.5. The van der Waals surface area contributed by atoms with Crippen LogP contribution in [0.25, 0.3) is 0 Å². The molecule has 0 aromatic heterocycles. The second kappa shape index (κ2) is 13.6. The Hall–Kier alpha value is -1.06. The van der Waals surface area contributed by atoms with E-state index in [1.165, 1.54) is 63.5 Å². The van der Waals surface area contributed by atoms with E-state index >= 15 is 0 Å². The Labute approximate surface area is 136 Å². The minimum Gasteiger partial charge on any atom is -0.365 e. The highest BCUT2D eigenvalue weighted by Gasteiger charge is 2.13. The second-order valence-corrected chi connectivity index (χ2v) is 6.19. The normalized spacial score (nSPS) is 15.3. The van der Waals surface area contributed by atoms with Crippen LogP contribution in [-0.4, -0.2) is 13.1 Å². The zero-order valence-electron chi connectivity index (χ0n) is 14.1. The molecule has 0 saturated carbocycles. The van der Waals surface area contributed by atoms with E-state index in [0.29, 0.717) is 5.92 Å². The van der Waals surface area contributed by atoms with Crippen LogP contribution in [0.15, 0.2) is 36.2 Å². The first-order valence-electron chi connectivity index (χ1n) is 9.08. The first-order valence-corrected chi connectivity index (χ1v) is 9.08. The quantitative estimate of drug-likeness (QED) is 0.451. The molecule has 0 fully saturated rings. The predicted molar refractivity (Wildman–Crippen MR) is 97.3 cm³/mol. The summed E-state index contributed by atoms with van der Waals surface area (Å²) in [5, 5.41) is 3.45. The molecule has 0 spiro atoms. The molecule has 0 aromatic rings. The SMILES string of the molecule is NCCCCCCCCC(CCCCN)C1=CC=CC=CN1. The third kappa shape index (κ3) is 9.06. The Balaban J connectivity index is 2.30. The largest absolute Gasteiger partial charge is 0.365 e. The van der Waals surface area contributed by atoms with Crippen molar-refractivity contribution >= 4 is 0 Å². The molecule has 0 radical (unpaired) electrons. The van der Waals surface area contributed by atoms with E-state index in [4.69, 9.17) is 11.5 Å². The predicted octanol–water partition coefficient (Wildman–Crippen LogP) is 3.98. The Morgan fingerprint density at radius 1 is 0.727 bits per heavy atom. The summed E-state index contributed by atoms with van der Waals surface area (Å²) >= 11 is 0. The fourth-order valence-electron chi connectivity index (χ4n) is 2.96. The van der Waals surface area contributed by atoms with Crippen LogP contribution in [0.1, 0.15) is 64.2 Å². The van der Waals surface area contributed by atoms with Gasteiger partial charge in [0.2, 0.25) is 0 Å². The van der Waals surface area contributed by atoms with Gasteiger partial charge in [-0.2, -0.15) is 0 Å². The van der Waals surface area contributed by atoms with Gasteiger partial charge in [0.1, 0.15) is 0 Å². The van der Waals surface area contributed by atoms with Gasteiger partial charge in [0.25, 0.3) is 0 Å². The molecule has 0 bridgehead atoms. The topological polar surface area (TPSA) is 64.1 Å². The molecule has 1 aliphatic heterocycles. The highest BCUT2D eigenvalue weighted by molar-refractivity contribution is 5.22. The molecular formula is C19H35N3. The van der Waals surface area contributed by atoms with E-state index in [-0.39, 0.29) is 0 Å². The molecule has 1 atom stereocenters. The fourth-order valence-corrected chi connectivity index (χ4v) is 2.96. The second-order valence-electron chi connectivity index (χ2n) is 6.19. The highest BCUT2D eigenvalue weighted by Crippen LogP contribution is 2.24. The highest BCUT2D eigenvalue weighted by atomic mass is 14.9. The third-order valence-corrected chi connectivity index (χ3v) is 4.30. The zero-order chi connectivity index (χ0) is 15.9. The molecule has 0 amide bonds. The van der Waals surface area contributed by atoms with Gasteiger partial charge >= 0.3 is 0 Å². The maximum absolute atomic E-state index is 5.64. The first kappa shape index (κ1) is 19.0. The summed E-state index contributed by atoms with van der Waals surface area (Å²) in [6.45, 7) is 1.64. The summed E-state index contributed by atoms with van der Waals surface area (Å²) < 4.78 is 0. The van der Waals surface area contributed by atoms with Crippen LogP contribution in [0.4, 0.5) is 0 Å². The average molecular weight is 306 g/mol. The molecule has 3 heteroatoms. The number of nitrogens with two attached hydrogens (primary N) is 2. The van der Waals surface area contributed by atoms with Crippen LogP contribution in [0.3, 0.4) is 0 Å². The lowest BCUT2D eigenvalue weighted by Crippen LogP contribution is -2.16. The van der Waals surface area contributed by atoms with Crippen LogP contribution in [0.5, 0.6) is 0 Å². The van der Waals surface area contributed by atoms with E-state index in [1.807, 2.05) is 6.20 Å². The lowest BCUT2D eigenvalue weighted by molar-refractivity contribution is 0.445. The lowest BCUT2D eigenvalue weighted by Gasteiger charge is -2.20. The van der Waals surface area contributed by atoms with Gasteiger partial charge in [-0.15, -0.1) is 0 Å². The van der Waals surface area contributed by atoms with Crippen molar-refractivity contribution in [3.63, 3.8) is 0 Å². The van der Waals surface area contributed by atoms with Crippen molar-refractivity contribution in [1.29, 1.82) is 0 Å². The molecule has 1 unspecified atom stereocenters. The van der Waals surface area contributed by atoms with Gasteiger partial charge in [-0.25, -0.2) is 0 Å². The third-order valence-electron chi connectivity index (χ3n) is 4.30. The number of unbranched alkanes of at least 4 members (excludes halogenated alkanes) is 6. The van der Waals surface area contributed by atoms with Gasteiger partial charge in [-0.3, -0.25) is 0 Å². The lowest BCUT2D eigenvalue weighted by atomic mass is 9.91. The minimum atomic E-state index is 0.642. The summed E-state index contributed by atoms with van der Waals surface area (Å²) in [4.78, 5) is 0. The van der Waals surface area contributed by atoms with Crippen LogP contribution >= 0.6 is 0 Å². The molecule has 0 saturated heterocycles. The summed E-state index contributed by atoms with van der Waals surface area (Å²) in [6.07, 6.45) is 23.2. The Morgan fingerprint density at radius 2 is 1.32 bits per heavy atom. The van der Waals surface area contributed by atoms with E-state index in [0.717, 1.165) is 19.5 Å². The number of hydrogen-bond acceptors (Lipinski definition) is 3. The molecule has 1 rings (SSSR count). The minimum absolute atomic E-state index is 0.642. The van der Waals surface area contributed by atoms with E-state index in [2.05, 4.69) is 29.6 Å². The maximum Gasteiger partial charge on any atom is 0.0178 e. The summed E-state index contributed by atoms with van der Waals surface area (Å²) in [6, 6.07) is 0. The number of nitrogens with one attached hydrogen (secondary N) is 1. The van der Waals surface area contributed by atoms with Crippen LogP contribution < -0.4 is 16.8 Å². The van der Waals surface area contributed by atoms with Crippen LogP contribution in [0.2, 0.25) is 0 Å². The average Bonchev–Trinajstić information content (AvgIpc) is 2.81. The van der Waals surface area contributed by atoms with Crippen molar-refractivity contribution in [2.45, 2.75) is 64.2 Å². The van der Waals surface area contributed by atoms with Crippen LogP contribution in [0, 0.1) is 5.92 Å². The van der Waals surface area contributed by atoms with Crippen molar-refractivity contribution in [1.82, 2.24) is 5.32 Å². The Bertz CT molecular complexity index is 345. The van der Waals surface area contributed by atoms with Gasteiger partial charge < -0.3 is 16.8 Å². The van der Waals surface area contributed by atoms with Gasteiger partial charge in [0.15, 0.2) is 0 Å². The molecule has 0 aromatic carbocycles. The van der Waals surface area contributed by atoms with Crippen molar-refractivity contribution in [2.75, 3.05) is 13.1 Å². The standard InChI is InChI=1S/C19H35N3/c20-15-9-4-2-1-3-6-12-18(13-8-10-16-21)19-14-7-5-11-17-22-19/h5,7,11,14,17-18,22H,1-4,6,8-10,12-13,15-16,20-21H2. The van der Waals surface area contributed by atoms with Crippen molar-refractivity contribution in [2.24, 2.45) is 17.4 Å². The summed E-state index contributed by atoms with van der Waals surface area (Å²) in [5.74, 6) is 0.642. The first-order chi connectivity index (χ1) is 10.9. The van der Waals surface area contributed by atoms with E-state index in [1.54, 1.807) is 0 Å². The molecule has 1 aliphatic rings. The number of rotatable bonds is 13. The molecule has 5 N–H and O–H groups in total. The Morgan fingerprint density at radius 3 is 2.05 bits per heavy atom. The number of allylic oxidation sites excluding steroid dienone is 5. The van der Waals surface area contributed by atoms with Gasteiger partial charge in [-0.05, 0) is 56.8 Å². The molecule has 0 aliphatic carbocycles. The van der Waals surface area contributed by atoms with E-state index < -0.39 is 0 Å². The van der Waals surface area contributed by atoms with Gasteiger partial charge in [-0.1, -0.05) is 50.7 Å². The zero-order valence-corrected chi connectivity index (χ0v) is 14.1. The van der Waals surface area contributed by atoms with Gasteiger partial charge in [0, 0.05) is 11.9 Å². The smallest absolute Gasteiger partial charge is 0.0178 e. The molecule has 3 nitrogen and oxygen atoms in total.